The molecule has 2 rings (SSSR count). The summed E-state index contributed by atoms with van der Waals surface area (Å²) >= 11 is 5.99. The lowest BCUT2D eigenvalue weighted by atomic mass is 10.2. The normalized spacial score (nSPS) is 11.2. The molecule has 0 atom stereocenters. The maximum absolute atomic E-state index is 12.9. The van der Waals surface area contributed by atoms with Crippen LogP contribution < -0.4 is 15.4 Å². The second kappa shape index (κ2) is 10.4. The molecular weight excluding hydrogens is 430 g/mol. The Morgan fingerprint density at radius 1 is 1.03 bits per heavy atom. The first-order chi connectivity index (χ1) is 14.2. The lowest BCUT2D eigenvalue weighted by Crippen LogP contribution is -2.31. The Labute approximate surface area is 181 Å². The van der Waals surface area contributed by atoms with Crippen LogP contribution in [0.15, 0.2) is 47.4 Å². The summed E-state index contributed by atoms with van der Waals surface area (Å²) in [5.74, 6) is -0.684. The van der Waals surface area contributed by atoms with Gasteiger partial charge in [0.05, 0.1) is 0 Å². The Bertz CT molecular complexity index is 1020. The number of nitrogens with zero attached hydrogens (tertiary/aromatic N) is 1. The van der Waals surface area contributed by atoms with Crippen molar-refractivity contribution in [2.24, 2.45) is 0 Å². The third kappa shape index (κ3) is 6.19. The minimum absolute atomic E-state index is 0.0356. The molecule has 0 aliphatic carbocycles. The van der Waals surface area contributed by atoms with E-state index in [1.807, 2.05) is 0 Å². The predicted molar refractivity (Wildman–Crippen MR) is 116 cm³/mol. The molecule has 2 aromatic rings. The molecule has 162 valence electrons. The molecule has 0 aliphatic heterocycles. The fourth-order valence-corrected chi connectivity index (χ4v) is 4.58. The van der Waals surface area contributed by atoms with Crippen molar-refractivity contribution in [1.29, 1.82) is 0 Å². The van der Waals surface area contributed by atoms with Crippen molar-refractivity contribution < 1.29 is 22.7 Å². The standard InChI is InChI=1S/C20H24ClN3O5S/c1-4-24(5-2)30(27,28)19-11-15(21)9-10-18(19)29-13-20(26)23-17-8-6-7-16(12-17)22-14(3)25/h6-12H,4-5,13H2,1-3H3,(H,22,25)(H,23,26). The molecule has 2 aromatic carbocycles. The van der Waals surface area contributed by atoms with E-state index in [-0.39, 0.29) is 34.7 Å². The van der Waals surface area contributed by atoms with Crippen LogP contribution >= 0.6 is 11.6 Å². The summed E-state index contributed by atoms with van der Waals surface area (Å²) in [5.41, 5.74) is 0.994. The summed E-state index contributed by atoms with van der Waals surface area (Å²) in [7, 11) is -3.83. The highest BCUT2D eigenvalue weighted by atomic mass is 35.5. The Morgan fingerprint density at radius 3 is 2.27 bits per heavy atom. The zero-order chi connectivity index (χ0) is 22.3. The molecule has 0 fully saturated rings. The molecule has 8 nitrogen and oxygen atoms in total. The number of amides is 2. The average Bonchev–Trinajstić information content (AvgIpc) is 2.67. The van der Waals surface area contributed by atoms with Gasteiger partial charge in [-0.05, 0) is 36.4 Å². The molecule has 0 unspecified atom stereocenters. The number of benzene rings is 2. The van der Waals surface area contributed by atoms with Crippen LogP contribution in [0.25, 0.3) is 0 Å². The molecule has 0 aromatic heterocycles. The van der Waals surface area contributed by atoms with Crippen molar-refractivity contribution in [2.75, 3.05) is 30.3 Å². The van der Waals surface area contributed by atoms with E-state index in [4.69, 9.17) is 16.3 Å². The summed E-state index contributed by atoms with van der Waals surface area (Å²) in [6.07, 6.45) is 0. The number of hydrogen-bond donors (Lipinski definition) is 2. The number of halogens is 1. The quantitative estimate of drug-likeness (QED) is 0.605. The van der Waals surface area contributed by atoms with Crippen molar-refractivity contribution in [3.63, 3.8) is 0 Å². The maximum atomic E-state index is 12.9. The second-order valence-electron chi connectivity index (χ2n) is 6.28. The highest BCUT2D eigenvalue weighted by Gasteiger charge is 2.26. The first-order valence-electron chi connectivity index (χ1n) is 9.27. The fourth-order valence-electron chi connectivity index (χ4n) is 2.72. The number of hydrogen-bond acceptors (Lipinski definition) is 5. The van der Waals surface area contributed by atoms with Gasteiger partial charge in [0.15, 0.2) is 6.61 Å². The zero-order valence-electron chi connectivity index (χ0n) is 16.9. The van der Waals surface area contributed by atoms with Crippen molar-refractivity contribution in [3.8, 4) is 5.75 Å². The van der Waals surface area contributed by atoms with E-state index in [9.17, 15) is 18.0 Å². The molecule has 0 aliphatic rings. The van der Waals surface area contributed by atoms with Crippen LogP contribution in [0, 0.1) is 0 Å². The van der Waals surface area contributed by atoms with Gasteiger partial charge in [0, 0.05) is 36.4 Å². The van der Waals surface area contributed by atoms with Gasteiger partial charge < -0.3 is 15.4 Å². The Balaban J connectivity index is 2.14. The highest BCUT2D eigenvalue weighted by molar-refractivity contribution is 7.89. The van der Waals surface area contributed by atoms with Crippen LogP contribution in [0.3, 0.4) is 0 Å². The second-order valence-corrected chi connectivity index (χ2v) is 8.62. The van der Waals surface area contributed by atoms with Gasteiger partial charge in [0.2, 0.25) is 15.9 Å². The van der Waals surface area contributed by atoms with E-state index in [0.717, 1.165) is 0 Å². The molecule has 0 saturated carbocycles. The SMILES string of the molecule is CCN(CC)S(=O)(=O)c1cc(Cl)ccc1OCC(=O)Nc1cccc(NC(C)=O)c1. The van der Waals surface area contributed by atoms with Gasteiger partial charge in [-0.3, -0.25) is 9.59 Å². The number of nitrogens with one attached hydrogen (secondary N) is 2. The van der Waals surface area contributed by atoms with Gasteiger partial charge in [0.1, 0.15) is 10.6 Å². The summed E-state index contributed by atoms with van der Waals surface area (Å²) in [4.78, 5) is 23.3. The number of rotatable bonds is 9. The molecule has 0 radical (unpaired) electrons. The lowest BCUT2D eigenvalue weighted by Gasteiger charge is -2.20. The van der Waals surface area contributed by atoms with Gasteiger partial charge in [-0.25, -0.2) is 8.42 Å². The van der Waals surface area contributed by atoms with Gasteiger partial charge in [-0.1, -0.05) is 31.5 Å². The van der Waals surface area contributed by atoms with Crippen LogP contribution in [0.4, 0.5) is 11.4 Å². The smallest absolute Gasteiger partial charge is 0.262 e. The van der Waals surface area contributed by atoms with Crippen molar-refractivity contribution >= 4 is 44.8 Å². The van der Waals surface area contributed by atoms with Gasteiger partial charge in [-0.15, -0.1) is 0 Å². The van der Waals surface area contributed by atoms with E-state index in [2.05, 4.69) is 10.6 Å². The summed E-state index contributed by atoms with van der Waals surface area (Å²) in [6.45, 7) is 5.01. The molecule has 0 heterocycles. The first-order valence-corrected chi connectivity index (χ1v) is 11.1. The number of sulfonamides is 1. The summed E-state index contributed by atoms with van der Waals surface area (Å²) in [6, 6.07) is 10.8. The summed E-state index contributed by atoms with van der Waals surface area (Å²) in [5, 5.41) is 5.50. The Hall–Kier alpha value is -2.62. The van der Waals surface area contributed by atoms with E-state index in [0.29, 0.717) is 11.4 Å². The Morgan fingerprint density at radius 2 is 1.67 bits per heavy atom. The van der Waals surface area contributed by atoms with Crippen LogP contribution in [0.5, 0.6) is 5.75 Å². The minimum Gasteiger partial charge on any atom is -0.482 e. The third-order valence-corrected chi connectivity index (χ3v) is 6.36. The van der Waals surface area contributed by atoms with E-state index < -0.39 is 22.5 Å². The van der Waals surface area contributed by atoms with Gasteiger partial charge in [-0.2, -0.15) is 4.31 Å². The minimum atomic E-state index is -3.83. The zero-order valence-corrected chi connectivity index (χ0v) is 18.5. The number of carbonyl (C=O) groups excluding carboxylic acids is 2. The van der Waals surface area contributed by atoms with E-state index in [1.165, 1.54) is 29.4 Å². The average molecular weight is 454 g/mol. The maximum Gasteiger partial charge on any atom is 0.262 e. The topological polar surface area (TPSA) is 105 Å². The molecule has 0 spiro atoms. The lowest BCUT2D eigenvalue weighted by molar-refractivity contribution is -0.118. The summed E-state index contributed by atoms with van der Waals surface area (Å²) < 4.78 is 32.5. The number of ether oxygens (including phenoxy) is 1. The molecule has 0 bridgehead atoms. The van der Waals surface area contributed by atoms with E-state index in [1.54, 1.807) is 38.1 Å². The number of anilines is 2. The number of carbonyl (C=O) groups is 2. The third-order valence-electron chi connectivity index (χ3n) is 4.05. The first kappa shape index (κ1) is 23.7. The molecule has 30 heavy (non-hydrogen) atoms. The molecule has 2 N–H and O–H groups in total. The monoisotopic (exact) mass is 453 g/mol. The van der Waals surface area contributed by atoms with Gasteiger partial charge in [0.25, 0.3) is 5.91 Å². The molecule has 2 amide bonds. The van der Waals surface area contributed by atoms with Crippen LogP contribution in [0.1, 0.15) is 20.8 Å². The Kier molecular flexibility index (Phi) is 8.22. The van der Waals surface area contributed by atoms with Crippen LogP contribution in [-0.2, 0) is 19.6 Å². The van der Waals surface area contributed by atoms with Crippen LogP contribution in [-0.4, -0.2) is 44.2 Å². The molecule has 10 heteroatoms. The predicted octanol–water partition coefficient (Wildman–Crippen LogP) is 3.35. The van der Waals surface area contributed by atoms with E-state index >= 15 is 0 Å². The largest absolute Gasteiger partial charge is 0.482 e. The molecular formula is C20H24ClN3O5S. The van der Waals surface area contributed by atoms with Crippen molar-refractivity contribution in [3.05, 3.63) is 47.5 Å². The fraction of sp³-hybridized carbons (Fsp3) is 0.300. The highest BCUT2D eigenvalue weighted by Crippen LogP contribution is 2.30. The van der Waals surface area contributed by atoms with Crippen molar-refractivity contribution in [2.45, 2.75) is 25.7 Å². The van der Waals surface area contributed by atoms with Gasteiger partial charge >= 0.3 is 0 Å². The van der Waals surface area contributed by atoms with Crippen LogP contribution in [0.2, 0.25) is 5.02 Å². The molecule has 0 saturated heterocycles. The van der Waals surface area contributed by atoms with Crippen molar-refractivity contribution in [1.82, 2.24) is 4.31 Å².